The van der Waals surface area contributed by atoms with Gasteiger partial charge in [0.05, 0.1) is 52.7 Å². The second-order valence-electron chi connectivity index (χ2n) is 9.21. The van der Waals surface area contributed by atoms with Crippen LogP contribution in [0, 0.1) is 23.2 Å². The molecule has 198 valence electrons. The van der Waals surface area contributed by atoms with Crippen LogP contribution in [0.1, 0.15) is 26.7 Å². The molecule has 2 aliphatic rings. The Kier molecular flexibility index (Phi) is 8.09. The third kappa shape index (κ3) is 5.75. The molecule has 2 unspecified atom stereocenters. The highest BCUT2D eigenvalue weighted by Gasteiger charge is 2.48. The number of halogens is 5. The average molecular weight is 601 g/mol. The lowest BCUT2D eigenvalue weighted by Gasteiger charge is -2.38. The predicted octanol–water partition coefficient (Wildman–Crippen LogP) is 6.46. The monoisotopic (exact) mass is 599 g/mol. The van der Waals surface area contributed by atoms with E-state index in [0.717, 1.165) is 12.1 Å². The quantitative estimate of drug-likeness (QED) is 0.379. The number of hydrogen-bond donors (Lipinski definition) is 0. The van der Waals surface area contributed by atoms with E-state index in [1.807, 2.05) is 12.1 Å². The minimum absolute atomic E-state index is 0.0751. The summed E-state index contributed by atoms with van der Waals surface area (Å²) in [7, 11) is 1.56. The van der Waals surface area contributed by atoms with E-state index >= 15 is 0 Å². The molecule has 3 heterocycles. The molecule has 0 radical (unpaired) electrons. The van der Waals surface area contributed by atoms with E-state index < -0.39 is 23.8 Å². The molecule has 2 aromatic rings. The highest BCUT2D eigenvalue weighted by atomic mass is 79.9. The predicted molar refractivity (Wildman–Crippen MR) is 140 cm³/mol. The number of aromatic nitrogens is 1. The Bertz CT molecular complexity index is 1220. The summed E-state index contributed by atoms with van der Waals surface area (Å²) in [5.41, 5.74) is 0.432. The van der Waals surface area contributed by atoms with Gasteiger partial charge in [-0.1, -0.05) is 25.4 Å². The van der Waals surface area contributed by atoms with Gasteiger partial charge >= 0.3 is 6.18 Å². The molecular formula is C25H26BrClF3N5O2. The molecule has 0 bridgehead atoms. The zero-order valence-corrected chi connectivity index (χ0v) is 22.8. The van der Waals surface area contributed by atoms with Crippen molar-refractivity contribution >= 4 is 44.6 Å². The van der Waals surface area contributed by atoms with Gasteiger partial charge < -0.3 is 14.4 Å². The third-order valence-corrected chi connectivity index (χ3v) is 7.68. The Morgan fingerprint density at radius 2 is 2.03 bits per heavy atom. The Morgan fingerprint density at radius 1 is 1.27 bits per heavy atom. The molecule has 1 aromatic carbocycles. The highest BCUT2D eigenvalue weighted by Crippen LogP contribution is 2.40. The Morgan fingerprint density at radius 3 is 2.65 bits per heavy atom. The van der Waals surface area contributed by atoms with Crippen LogP contribution in [-0.4, -0.2) is 49.2 Å². The number of ether oxygens (including phenoxy) is 2. The number of alkyl halides is 3. The molecule has 1 fully saturated rings. The zero-order valence-electron chi connectivity index (χ0n) is 20.5. The van der Waals surface area contributed by atoms with Crippen molar-refractivity contribution in [2.45, 2.75) is 45.0 Å². The summed E-state index contributed by atoms with van der Waals surface area (Å²) in [6.45, 7) is 4.97. The highest BCUT2D eigenvalue weighted by molar-refractivity contribution is 9.10. The number of hydrazone groups is 1. The van der Waals surface area contributed by atoms with Gasteiger partial charge in [-0.15, -0.1) is 0 Å². The molecule has 12 heteroatoms. The van der Waals surface area contributed by atoms with Crippen molar-refractivity contribution in [3.8, 4) is 17.7 Å². The lowest BCUT2D eigenvalue weighted by Crippen LogP contribution is -2.44. The number of rotatable bonds is 6. The molecule has 2 aliphatic heterocycles. The summed E-state index contributed by atoms with van der Waals surface area (Å²) < 4.78 is 52.5. The van der Waals surface area contributed by atoms with Crippen LogP contribution < -0.4 is 19.4 Å². The van der Waals surface area contributed by atoms with Crippen molar-refractivity contribution in [1.82, 2.24) is 4.98 Å². The van der Waals surface area contributed by atoms with Gasteiger partial charge in [0, 0.05) is 37.4 Å². The van der Waals surface area contributed by atoms with Crippen molar-refractivity contribution in [2.75, 3.05) is 30.1 Å². The van der Waals surface area contributed by atoms with Crippen LogP contribution >= 0.6 is 27.5 Å². The van der Waals surface area contributed by atoms with Crippen molar-refractivity contribution in [2.24, 2.45) is 16.9 Å². The summed E-state index contributed by atoms with van der Waals surface area (Å²) in [6.07, 6.45) is -2.40. The third-order valence-electron chi connectivity index (χ3n) is 6.77. The summed E-state index contributed by atoms with van der Waals surface area (Å²) in [6, 6.07) is 8.16. The first-order valence-electron chi connectivity index (χ1n) is 11.8. The van der Waals surface area contributed by atoms with Crippen LogP contribution in [0.3, 0.4) is 0 Å². The first kappa shape index (κ1) is 27.3. The van der Waals surface area contributed by atoms with Gasteiger partial charge in [-0.3, -0.25) is 5.01 Å². The number of pyridine rings is 1. The van der Waals surface area contributed by atoms with Gasteiger partial charge in [-0.2, -0.15) is 23.5 Å². The number of benzene rings is 1. The molecule has 37 heavy (non-hydrogen) atoms. The summed E-state index contributed by atoms with van der Waals surface area (Å²) in [5.74, 6) is 0.315. The van der Waals surface area contributed by atoms with Crippen molar-refractivity contribution in [1.29, 1.82) is 5.26 Å². The number of nitriles is 1. The zero-order chi connectivity index (χ0) is 26.9. The Hall–Kier alpha value is -2.71. The maximum Gasteiger partial charge on any atom is 0.431 e. The lowest BCUT2D eigenvalue weighted by atomic mass is 9.95. The van der Waals surface area contributed by atoms with Gasteiger partial charge in [0.2, 0.25) is 5.88 Å². The fourth-order valence-corrected chi connectivity index (χ4v) is 5.45. The summed E-state index contributed by atoms with van der Waals surface area (Å²) >= 11 is 9.88. The molecule has 4 atom stereocenters. The Balaban J connectivity index is 1.48. The van der Waals surface area contributed by atoms with Crippen LogP contribution in [0.2, 0.25) is 5.02 Å². The van der Waals surface area contributed by atoms with E-state index in [1.54, 1.807) is 31.5 Å². The SMILES string of the molecule is COc1cc(N2CC[C@@H](Oc3ccc(N4N=C(C(F)(F)F)C(C)C4CC#N)cc3Br)[C@H](C)C2)c(Cl)cn1. The van der Waals surface area contributed by atoms with E-state index in [0.29, 0.717) is 39.9 Å². The van der Waals surface area contributed by atoms with Crippen LogP contribution in [0.15, 0.2) is 40.0 Å². The molecule has 0 spiro atoms. The average Bonchev–Trinajstić information content (AvgIpc) is 3.18. The summed E-state index contributed by atoms with van der Waals surface area (Å²) in [4.78, 5) is 6.30. The molecule has 0 aliphatic carbocycles. The first-order valence-corrected chi connectivity index (χ1v) is 12.9. The molecule has 0 amide bonds. The molecule has 0 saturated carbocycles. The van der Waals surface area contributed by atoms with E-state index in [1.165, 1.54) is 11.9 Å². The van der Waals surface area contributed by atoms with Gasteiger partial charge in [-0.25, -0.2) is 4.98 Å². The van der Waals surface area contributed by atoms with E-state index in [2.05, 4.69) is 37.8 Å². The topological polar surface area (TPSA) is 74.0 Å². The molecule has 0 N–H and O–H groups in total. The fraction of sp³-hybridized carbons (Fsp3) is 0.480. The molecule has 1 aromatic heterocycles. The largest absolute Gasteiger partial charge is 0.489 e. The van der Waals surface area contributed by atoms with Crippen LogP contribution in [-0.2, 0) is 0 Å². The number of methoxy groups -OCH3 is 1. The van der Waals surface area contributed by atoms with Crippen molar-refractivity contribution in [3.63, 3.8) is 0 Å². The van der Waals surface area contributed by atoms with Gasteiger partial charge in [0.25, 0.3) is 0 Å². The molecule has 1 saturated heterocycles. The lowest BCUT2D eigenvalue weighted by molar-refractivity contribution is -0.0620. The van der Waals surface area contributed by atoms with E-state index in [4.69, 9.17) is 21.1 Å². The van der Waals surface area contributed by atoms with Crippen molar-refractivity contribution < 1.29 is 22.6 Å². The number of nitrogens with zero attached hydrogens (tertiary/aromatic N) is 5. The number of anilines is 2. The summed E-state index contributed by atoms with van der Waals surface area (Å²) in [5, 5.41) is 14.9. The van der Waals surface area contributed by atoms with Crippen LogP contribution in [0.25, 0.3) is 0 Å². The minimum atomic E-state index is -4.56. The molecular weight excluding hydrogens is 575 g/mol. The van der Waals surface area contributed by atoms with Crippen LogP contribution in [0.4, 0.5) is 24.5 Å². The van der Waals surface area contributed by atoms with Gasteiger partial charge in [-0.05, 0) is 34.1 Å². The Labute approximate surface area is 226 Å². The number of hydrogen-bond acceptors (Lipinski definition) is 7. The van der Waals surface area contributed by atoms with Gasteiger partial charge in [0.15, 0.2) is 0 Å². The van der Waals surface area contributed by atoms with E-state index in [9.17, 15) is 18.4 Å². The maximum atomic E-state index is 13.5. The van der Waals surface area contributed by atoms with Crippen molar-refractivity contribution in [3.05, 3.63) is 40.0 Å². The fourth-order valence-electron chi connectivity index (χ4n) is 4.77. The molecule has 4 rings (SSSR count). The smallest absolute Gasteiger partial charge is 0.431 e. The second-order valence-corrected chi connectivity index (χ2v) is 10.5. The van der Waals surface area contributed by atoms with Gasteiger partial charge in [0.1, 0.15) is 17.6 Å². The first-order chi connectivity index (χ1) is 17.5. The van der Waals surface area contributed by atoms with E-state index in [-0.39, 0.29) is 18.4 Å². The second kappa shape index (κ2) is 11.0. The standard InChI is InChI=1S/C25H26BrClF3N5O2/c1-14-13-34(20-11-23(36-3)32-12-18(20)27)9-7-21(14)37-22-5-4-16(10-17(22)26)35-19(6-8-31)15(2)24(33-35)25(28,29)30/h4-5,10-12,14-15,19,21H,6-7,9,13H2,1-3H3/t14-,15?,19?,21-/m1/s1. The normalized spacial score (nSPS) is 24.0. The van der Waals surface area contributed by atoms with Crippen LogP contribution in [0.5, 0.6) is 11.6 Å². The number of piperidine rings is 1. The maximum absolute atomic E-state index is 13.5. The minimum Gasteiger partial charge on any atom is -0.489 e. The molecule has 7 nitrogen and oxygen atoms in total.